The average Bonchev–Trinajstić information content (AvgIpc) is 2.78. The summed E-state index contributed by atoms with van der Waals surface area (Å²) < 4.78 is 52.6. The van der Waals surface area contributed by atoms with Gasteiger partial charge in [0.1, 0.15) is 23.4 Å². The maximum absolute atomic E-state index is 14.5. The van der Waals surface area contributed by atoms with E-state index in [1.165, 1.54) is 24.5 Å². The molecule has 0 bridgehead atoms. The van der Waals surface area contributed by atoms with Crippen LogP contribution in [-0.4, -0.2) is 36.8 Å². The third kappa shape index (κ3) is 4.34. The van der Waals surface area contributed by atoms with Crippen LogP contribution in [0.5, 0.6) is 0 Å². The second-order valence-electron chi connectivity index (χ2n) is 6.78. The smallest absolute Gasteiger partial charge is 0.393 e. The van der Waals surface area contributed by atoms with Crippen LogP contribution >= 0.6 is 0 Å². The first-order valence-electron chi connectivity index (χ1n) is 9.27. The van der Waals surface area contributed by atoms with E-state index in [0.29, 0.717) is 16.7 Å². The van der Waals surface area contributed by atoms with Gasteiger partial charge >= 0.3 is 6.18 Å². The lowest BCUT2D eigenvalue weighted by Gasteiger charge is -2.11. The lowest BCUT2D eigenvalue weighted by Crippen LogP contribution is -2.06. The fraction of sp³-hybridized carbons (Fsp3) is 0.143. The molecule has 0 aromatic carbocycles. The van der Waals surface area contributed by atoms with E-state index in [1.54, 1.807) is 12.1 Å². The zero-order chi connectivity index (χ0) is 22.9. The molecule has 4 aromatic rings. The number of aliphatic hydroxyl groups excluding tert-OH is 2. The molecule has 1 atom stereocenters. The Kier molecular flexibility index (Phi) is 5.68. The van der Waals surface area contributed by atoms with Gasteiger partial charge in [0, 0.05) is 29.5 Å². The van der Waals surface area contributed by atoms with Crippen LogP contribution in [0, 0.1) is 5.82 Å². The van der Waals surface area contributed by atoms with Crippen LogP contribution in [0.1, 0.15) is 17.2 Å². The van der Waals surface area contributed by atoms with Crippen molar-refractivity contribution in [3.8, 4) is 11.4 Å². The summed E-state index contributed by atoms with van der Waals surface area (Å²) in [7, 11) is 0. The normalized spacial score (nSPS) is 12.7. The Labute approximate surface area is 178 Å². The van der Waals surface area contributed by atoms with Crippen molar-refractivity contribution >= 4 is 22.5 Å². The van der Waals surface area contributed by atoms with E-state index in [-0.39, 0.29) is 22.8 Å². The molecule has 4 rings (SSSR count). The van der Waals surface area contributed by atoms with E-state index < -0.39 is 30.3 Å². The van der Waals surface area contributed by atoms with Gasteiger partial charge in [-0.1, -0.05) is 0 Å². The van der Waals surface area contributed by atoms with Crippen LogP contribution in [0.4, 0.5) is 29.2 Å². The minimum Gasteiger partial charge on any atom is -0.393 e. The largest absolute Gasteiger partial charge is 0.417 e. The number of hydrogen-bond donors (Lipinski definition) is 3. The van der Waals surface area contributed by atoms with Crippen molar-refractivity contribution in [3.63, 3.8) is 0 Å². The molecular formula is C21H15F4N5O2. The molecular weight excluding hydrogens is 430 g/mol. The first-order valence-corrected chi connectivity index (χ1v) is 9.27. The Balaban J connectivity index is 1.64. The van der Waals surface area contributed by atoms with Crippen LogP contribution in [0.15, 0.2) is 55.0 Å². The van der Waals surface area contributed by atoms with E-state index in [1.807, 2.05) is 0 Å². The molecule has 0 aliphatic heterocycles. The number of fused-ring (bicyclic) bond motifs is 1. The summed E-state index contributed by atoms with van der Waals surface area (Å²) >= 11 is 0. The first-order chi connectivity index (χ1) is 15.3. The van der Waals surface area contributed by atoms with Gasteiger partial charge < -0.3 is 15.5 Å². The maximum Gasteiger partial charge on any atom is 0.417 e. The van der Waals surface area contributed by atoms with Crippen molar-refractivity contribution in [1.82, 2.24) is 19.9 Å². The number of nitrogens with one attached hydrogen (secondary N) is 1. The van der Waals surface area contributed by atoms with Crippen molar-refractivity contribution in [2.24, 2.45) is 0 Å². The van der Waals surface area contributed by atoms with E-state index >= 15 is 0 Å². The lowest BCUT2D eigenvalue weighted by atomic mass is 10.1. The van der Waals surface area contributed by atoms with E-state index in [0.717, 1.165) is 18.3 Å². The number of nitrogens with zero attached hydrogens (tertiary/aromatic N) is 4. The molecule has 0 fully saturated rings. The maximum atomic E-state index is 14.5. The molecule has 32 heavy (non-hydrogen) atoms. The SMILES string of the molecule is OC[C@H](O)c1cnc(-c2ccc3c(Nc4ccc(C(F)(F)F)cn4)nccc3n2)c(F)c1. The summed E-state index contributed by atoms with van der Waals surface area (Å²) in [6.45, 7) is -0.564. The predicted octanol–water partition coefficient (Wildman–Crippen LogP) is 4.01. The summed E-state index contributed by atoms with van der Waals surface area (Å²) in [5, 5.41) is 22.0. The molecule has 0 saturated heterocycles. The standard InChI is InChI=1S/C21H15F4N5O2/c22-14-7-11(17(32)10-31)8-28-19(14)16-3-2-13-15(29-16)5-6-26-20(13)30-18-4-1-12(9-27-18)21(23,24)25/h1-9,17,31-32H,10H2,(H,26,27,30)/t17-/m0/s1. The van der Waals surface area contributed by atoms with E-state index in [2.05, 4.69) is 25.3 Å². The van der Waals surface area contributed by atoms with Gasteiger partial charge in [-0.2, -0.15) is 13.2 Å². The van der Waals surface area contributed by atoms with E-state index in [9.17, 15) is 22.7 Å². The highest BCUT2D eigenvalue weighted by Gasteiger charge is 2.30. The van der Waals surface area contributed by atoms with Crippen LogP contribution < -0.4 is 5.32 Å². The molecule has 0 aliphatic carbocycles. The number of hydrogen-bond acceptors (Lipinski definition) is 7. The Bertz CT molecular complexity index is 1270. The minimum absolute atomic E-state index is 0.0449. The molecule has 0 radical (unpaired) electrons. The fourth-order valence-electron chi connectivity index (χ4n) is 2.97. The molecule has 164 valence electrons. The zero-order valence-electron chi connectivity index (χ0n) is 16.2. The van der Waals surface area contributed by atoms with Gasteiger partial charge in [-0.15, -0.1) is 0 Å². The van der Waals surface area contributed by atoms with Crippen molar-refractivity contribution in [2.45, 2.75) is 12.3 Å². The number of alkyl halides is 3. The second-order valence-corrected chi connectivity index (χ2v) is 6.78. The van der Waals surface area contributed by atoms with Gasteiger partial charge in [0.05, 0.1) is 23.4 Å². The highest BCUT2D eigenvalue weighted by molar-refractivity contribution is 5.91. The van der Waals surface area contributed by atoms with Crippen LogP contribution in [0.25, 0.3) is 22.3 Å². The molecule has 0 amide bonds. The molecule has 0 saturated carbocycles. The number of rotatable bonds is 5. The van der Waals surface area contributed by atoms with Gasteiger partial charge in [-0.25, -0.2) is 19.3 Å². The zero-order valence-corrected chi connectivity index (χ0v) is 16.2. The third-order valence-electron chi connectivity index (χ3n) is 4.62. The molecule has 0 spiro atoms. The summed E-state index contributed by atoms with van der Waals surface area (Å²) in [5.41, 5.74) is -0.115. The topological polar surface area (TPSA) is 104 Å². The lowest BCUT2D eigenvalue weighted by molar-refractivity contribution is -0.137. The van der Waals surface area contributed by atoms with Gasteiger partial charge in [0.15, 0.2) is 5.82 Å². The van der Waals surface area contributed by atoms with Gasteiger partial charge in [0.2, 0.25) is 0 Å². The Hall–Kier alpha value is -3.70. The summed E-state index contributed by atoms with van der Waals surface area (Å²) in [5.74, 6) is -0.250. The number of aromatic nitrogens is 4. The van der Waals surface area contributed by atoms with Gasteiger partial charge in [-0.3, -0.25) is 4.98 Å². The first kappa shape index (κ1) is 21.5. The Morgan fingerprint density at radius 3 is 2.47 bits per heavy atom. The molecule has 0 unspecified atom stereocenters. The quantitative estimate of drug-likeness (QED) is 0.399. The molecule has 4 aromatic heterocycles. The van der Waals surface area contributed by atoms with Gasteiger partial charge in [-0.05, 0) is 36.4 Å². The van der Waals surface area contributed by atoms with Crippen molar-refractivity contribution in [3.05, 3.63) is 71.9 Å². The predicted molar refractivity (Wildman–Crippen MR) is 107 cm³/mol. The van der Waals surface area contributed by atoms with E-state index in [4.69, 9.17) is 5.11 Å². The summed E-state index contributed by atoms with van der Waals surface area (Å²) in [4.78, 5) is 16.3. The van der Waals surface area contributed by atoms with Crippen molar-refractivity contribution < 1.29 is 27.8 Å². The Morgan fingerprint density at radius 2 is 1.81 bits per heavy atom. The summed E-state index contributed by atoms with van der Waals surface area (Å²) in [6, 6.07) is 7.89. The van der Waals surface area contributed by atoms with Crippen LogP contribution in [-0.2, 0) is 6.18 Å². The average molecular weight is 445 g/mol. The molecule has 7 nitrogen and oxygen atoms in total. The summed E-state index contributed by atoms with van der Waals surface area (Å²) in [6.07, 6.45) is -2.32. The number of anilines is 2. The monoisotopic (exact) mass is 445 g/mol. The van der Waals surface area contributed by atoms with Crippen LogP contribution in [0.3, 0.4) is 0 Å². The van der Waals surface area contributed by atoms with Crippen LogP contribution in [0.2, 0.25) is 0 Å². The number of pyridine rings is 4. The Morgan fingerprint density at radius 1 is 1.00 bits per heavy atom. The molecule has 4 heterocycles. The number of halogens is 4. The third-order valence-corrected chi connectivity index (χ3v) is 4.62. The molecule has 3 N–H and O–H groups in total. The minimum atomic E-state index is -4.48. The number of aliphatic hydroxyl groups is 2. The molecule has 11 heteroatoms. The fourth-order valence-corrected chi connectivity index (χ4v) is 2.97. The van der Waals surface area contributed by atoms with Crippen molar-refractivity contribution in [1.29, 1.82) is 0 Å². The molecule has 0 aliphatic rings. The van der Waals surface area contributed by atoms with Gasteiger partial charge in [0.25, 0.3) is 0 Å². The van der Waals surface area contributed by atoms with Crippen molar-refractivity contribution in [2.75, 3.05) is 11.9 Å². The highest BCUT2D eigenvalue weighted by Crippen LogP contribution is 2.30. The highest BCUT2D eigenvalue weighted by atomic mass is 19.4. The second kappa shape index (κ2) is 8.44.